The first-order valence-electron chi connectivity index (χ1n) is 7.62. The van der Waals surface area contributed by atoms with Gasteiger partial charge in [-0.1, -0.05) is 0 Å². The molecule has 1 saturated carbocycles. The van der Waals surface area contributed by atoms with E-state index in [1.165, 1.54) is 12.1 Å². The van der Waals surface area contributed by atoms with Crippen molar-refractivity contribution in [2.45, 2.75) is 31.5 Å². The number of benzene rings is 1. The molecule has 0 N–H and O–H groups in total. The summed E-state index contributed by atoms with van der Waals surface area (Å²) in [5, 5.41) is 22.0. The number of rotatable bonds is 4. The molecule has 3 rings (SSSR count). The molecule has 0 bridgehead atoms. The van der Waals surface area contributed by atoms with Gasteiger partial charge in [0.05, 0.1) is 29.1 Å². The quantitative estimate of drug-likeness (QED) is 0.610. The smallest absolute Gasteiger partial charge is 0.279 e. The Labute approximate surface area is 136 Å². The molecule has 9 heteroatoms. The summed E-state index contributed by atoms with van der Waals surface area (Å²) in [6, 6.07) is 3.50. The van der Waals surface area contributed by atoms with Gasteiger partial charge in [-0.3, -0.25) is 25.0 Å². The van der Waals surface area contributed by atoms with Crippen LogP contribution in [-0.2, 0) is 20.7 Å². The van der Waals surface area contributed by atoms with Crippen LogP contribution in [0.5, 0.6) is 0 Å². The standard InChI is InChI=1S/C15H16N2O7/c18-14-3-4-15(23-5-6-24-15)9-11(14)7-10-1-2-12(16(19)20)8-13(10)17(21)22/h1-2,8,11H,3-7,9H2/t11-/m1/s1. The Kier molecular flexibility index (Phi) is 4.29. The van der Waals surface area contributed by atoms with E-state index in [4.69, 9.17) is 9.47 Å². The Morgan fingerprint density at radius 3 is 2.50 bits per heavy atom. The van der Waals surface area contributed by atoms with Gasteiger partial charge in [-0.2, -0.15) is 0 Å². The second kappa shape index (κ2) is 6.25. The van der Waals surface area contributed by atoms with Gasteiger partial charge in [0.25, 0.3) is 11.4 Å². The van der Waals surface area contributed by atoms with Crippen molar-refractivity contribution in [3.05, 3.63) is 44.0 Å². The van der Waals surface area contributed by atoms with Gasteiger partial charge in [0.1, 0.15) is 5.78 Å². The third kappa shape index (κ3) is 3.13. The molecule has 1 heterocycles. The van der Waals surface area contributed by atoms with Gasteiger partial charge in [0.15, 0.2) is 5.79 Å². The van der Waals surface area contributed by atoms with Crippen molar-refractivity contribution < 1.29 is 24.1 Å². The molecule has 1 saturated heterocycles. The minimum Gasteiger partial charge on any atom is -0.347 e. The third-order valence-corrected chi connectivity index (χ3v) is 4.52. The fourth-order valence-corrected chi connectivity index (χ4v) is 3.33. The molecule has 0 unspecified atom stereocenters. The van der Waals surface area contributed by atoms with Gasteiger partial charge in [0.2, 0.25) is 0 Å². The first-order chi connectivity index (χ1) is 11.4. The van der Waals surface area contributed by atoms with Crippen molar-refractivity contribution in [1.29, 1.82) is 0 Å². The highest BCUT2D eigenvalue weighted by atomic mass is 16.7. The summed E-state index contributed by atoms with van der Waals surface area (Å²) >= 11 is 0. The van der Waals surface area contributed by atoms with E-state index in [2.05, 4.69) is 0 Å². The Morgan fingerprint density at radius 2 is 1.88 bits per heavy atom. The largest absolute Gasteiger partial charge is 0.347 e. The van der Waals surface area contributed by atoms with E-state index in [9.17, 15) is 25.0 Å². The number of carbonyl (C=O) groups is 1. The number of nitro benzene ring substituents is 2. The maximum Gasteiger partial charge on any atom is 0.279 e. The fourth-order valence-electron chi connectivity index (χ4n) is 3.33. The van der Waals surface area contributed by atoms with E-state index in [1.807, 2.05) is 0 Å². The van der Waals surface area contributed by atoms with E-state index in [0.717, 1.165) is 6.07 Å². The van der Waals surface area contributed by atoms with Gasteiger partial charge in [-0.05, 0) is 12.5 Å². The number of nitro groups is 2. The predicted molar refractivity (Wildman–Crippen MR) is 80.4 cm³/mol. The molecule has 1 aliphatic carbocycles. The minimum atomic E-state index is -0.770. The molecular weight excluding hydrogens is 320 g/mol. The van der Waals surface area contributed by atoms with Crippen LogP contribution in [0.4, 0.5) is 11.4 Å². The lowest BCUT2D eigenvalue weighted by Crippen LogP contribution is -2.41. The molecule has 2 fully saturated rings. The van der Waals surface area contributed by atoms with Crippen LogP contribution >= 0.6 is 0 Å². The molecular formula is C15H16N2O7. The first kappa shape index (κ1) is 16.5. The Hall–Kier alpha value is -2.39. The van der Waals surface area contributed by atoms with Gasteiger partial charge in [-0.25, -0.2) is 0 Å². The van der Waals surface area contributed by atoms with Crippen molar-refractivity contribution in [1.82, 2.24) is 0 Å². The highest BCUT2D eigenvalue weighted by Crippen LogP contribution is 2.39. The number of non-ortho nitro benzene ring substituents is 1. The van der Waals surface area contributed by atoms with Crippen LogP contribution in [0.25, 0.3) is 0 Å². The highest BCUT2D eigenvalue weighted by Gasteiger charge is 2.45. The van der Waals surface area contributed by atoms with Crippen molar-refractivity contribution in [2.75, 3.05) is 13.2 Å². The summed E-state index contributed by atoms with van der Waals surface area (Å²) < 4.78 is 11.3. The van der Waals surface area contributed by atoms with Crippen LogP contribution in [0.3, 0.4) is 0 Å². The van der Waals surface area contributed by atoms with Crippen LogP contribution in [0.15, 0.2) is 18.2 Å². The molecule has 24 heavy (non-hydrogen) atoms. The van der Waals surface area contributed by atoms with E-state index in [1.54, 1.807) is 0 Å². The number of hydrogen-bond donors (Lipinski definition) is 0. The zero-order valence-electron chi connectivity index (χ0n) is 12.8. The zero-order chi connectivity index (χ0) is 17.3. The second-order valence-corrected chi connectivity index (χ2v) is 6.01. The van der Waals surface area contributed by atoms with Crippen molar-refractivity contribution in [2.24, 2.45) is 5.92 Å². The Bertz CT molecular complexity index is 697. The molecule has 0 aromatic heterocycles. The van der Waals surface area contributed by atoms with Crippen LogP contribution in [0.1, 0.15) is 24.8 Å². The lowest BCUT2D eigenvalue weighted by molar-refractivity contribution is -0.394. The maximum atomic E-state index is 12.2. The van der Waals surface area contributed by atoms with Gasteiger partial charge < -0.3 is 9.47 Å². The molecule has 1 aromatic rings. The van der Waals surface area contributed by atoms with Crippen LogP contribution in [0, 0.1) is 26.1 Å². The average Bonchev–Trinajstić information content (AvgIpc) is 2.99. The maximum absolute atomic E-state index is 12.2. The van der Waals surface area contributed by atoms with Gasteiger partial charge in [0, 0.05) is 36.8 Å². The molecule has 2 aliphatic rings. The van der Waals surface area contributed by atoms with E-state index >= 15 is 0 Å². The summed E-state index contributed by atoms with van der Waals surface area (Å²) in [6.45, 7) is 0.942. The summed E-state index contributed by atoms with van der Waals surface area (Å²) in [7, 11) is 0. The number of carbonyl (C=O) groups excluding carboxylic acids is 1. The molecule has 1 spiro atoms. The lowest BCUT2D eigenvalue weighted by atomic mass is 9.80. The number of nitrogens with zero attached hydrogens (tertiary/aromatic N) is 2. The summed E-state index contributed by atoms with van der Waals surface area (Å²) in [5.74, 6) is -1.22. The average molecular weight is 336 g/mol. The van der Waals surface area contributed by atoms with E-state index in [0.29, 0.717) is 38.0 Å². The lowest BCUT2D eigenvalue weighted by Gasteiger charge is -2.35. The highest BCUT2D eigenvalue weighted by molar-refractivity contribution is 5.82. The summed E-state index contributed by atoms with van der Waals surface area (Å²) in [6.07, 6.45) is 1.28. The van der Waals surface area contributed by atoms with E-state index in [-0.39, 0.29) is 23.6 Å². The van der Waals surface area contributed by atoms with E-state index < -0.39 is 21.6 Å². The molecule has 1 aliphatic heterocycles. The topological polar surface area (TPSA) is 122 Å². The van der Waals surface area contributed by atoms with Crippen molar-refractivity contribution in [3.63, 3.8) is 0 Å². The molecule has 128 valence electrons. The zero-order valence-corrected chi connectivity index (χ0v) is 12.8. The molecule has 1 atom stereocenters. The Balaban J connectivity index is 1.85. The van der Waals surface area contributed by atoms with Crippen molar-refractivity contribution in [3.8, 4) is 0 Å². The monoisotopic (exact) mass is 336 g/mol. The van der Waals surface area contributed by atoms with Gasteiger partial charge in [-0.15, -0.1) is 0 Å². The van der Waals surface area contributed by atoms with Crippen LogP contribution < -0.4 is 0 Å². The summed E-state index contributed by atoms with van der Waals surface area (Å²) in [5.41, 5.74) is -0.386. The van der Waals surface area contributed by atoms with Crippen LogP contribution in [-0.4, -0.2) is 34.6 Å². The predicted octanol–water partition coefficient (Wildman–Crippen LogP) is 2.16. The van der Waals surface area contributed by atoms with Crippen molar-refractivity contribution >= 4 is 17.2 Å². The number of Topliss-reactive ketones (excluding diaryl/α,β-unsaturated/α-hetero) is 1. The fraction of sp³-hybridized carbons (Fsp3) is 0.533. The minimum absolute atomic E-state index is 0.00683. The number of hydrogen-bond acceptors (Lipinski definition) is 7. The Morgan fingerprint density at radius 1 is 1.17 bits per heavy atom. The number of ether oxygens (including phenoxy) is 2. The first-order valence-corrected chi connectivity index (χ1v) is 7.62. The third-order valence-electron chi connectivity index (χ3n) is 4.52. The molecule has 0 amide bonds. The van der Waals surface area contributed by atoms with Gasteiger partial charge >= 0.3 is 0 Å². The second-order valence-electron chi connectivity index (χ2n) is 6.01. The SMILES string of the molecule is O=C1CCC2(C[C@H]1Cc1ccc([N+](=O)[O-])cc1[N+](=O)[O-])OCCO2. The summed E-state index contributed by atoms with van der Waals surface area (Å²) in [4.78, 5) is 32.9. The molecule has 0 radical (unpaired) electrons. The van der Waals surface area contributed by atoms with Crippen LogP contribution in [0.2, 0.25) is 0 Å². The number of ketones is 1. The normalized spacial score (nSPS) is 22.7. The molecule has 1 aromatic carbocycles. The molecule has 9 nitrogen and oxygen atoms in total.